The van der Waals surface area contributed by atoms with E-state index in [9.17, 15) is 9.59 Å². The summed E-state index contributed by atoms with van der Waals surface area (Å²) in [6.07, 6.45) is 2.99. The fourth-order valence-corrected chi connectivity index (χ4v) is 3.98. The van der Waals surface area contributed by atoms with E-state index in [4.69, 9.17) is 4.74 Å². The van der Waals surface area contributed by atoms with Crippen LogP contribution in [0.25, 0.3) is 0 Å². The number of nitrogens with one attached hydrogen (secondary N) is 3. The number of H-pyrrole nitrogens is 1. The monoisotopic (exact) mass is 478 g/mol. The number of imidazole rings is 1. The number of rotatable bonds is 8. The second-order valence-electron chi connectivity index (χ2n) is 8.07. The fourth-order valence-electron chi connectivity index (χ4n) is 3.98. The predicted molar refractivity (Wildman–Crippen MR) is 133 cm³/mol. The Hall–Kier alpha value is -4.21. The van der Waals surface area contributed by atoms with Crippen LogP contribution in [-0.4, -0.2) is 48.9 Å². The highest BCUT2D eigenvalue weighted by Crippen LogP contribution is 2.36. The quantitative estimate of drug-likeness (QED) is 0.458. The topological polar surface area (TPSA) is 112 Å². The van der Waals surface area contributed by atoms with Crippen LogP contribution < -0.4 is 25.2 Å². The molecule has 3 aromatic rings. The molecule has 0 aliphatic carbocycles. The molecule has 2 heterocycles. The maximum Gasteiger partial charge on any atom is 0.407 e. The third-order valence-electron chi connectivity index (χ3n) is 5.75. The van der Waals surface area contributed by atoms with E-state index >= 15 is 0 Å². The van der Waals surface area contributed by atoms with Gasteiger partial charge in [-0.15, -0.1) is 0 Å². The Morgan fingerprint density at radius 1 is 1.17 bits per heavy atom. The van der Waals surface area contributed by atoms with Crippen molar-refractivity contribution in [2.75, 3.05) is 36.6 Å². The largest absolute Gasteiger partial charge is 0.490 e. The molecule has 184 valence electrons. The number of hydrogen-bond donors (Lipinski definition) is 3. The second-order valence-corrected chi connectivity index (χ2v) is 8.07. The first-order valence-corrected chi connectivity index (χ1v) is 11.5. The minimum atomic E-state index is -0.485. The van der Waals surface area contributed by atoms with Crippen LogP contribution in [0.15, 0.2) is 55.0 Å². The number of aromatic amines is 1. The first-order chi connectivity index (χ1) is 17.1. The average molecular weight is 479 g/mol. The minimum absolute atomic E-state index is 0.192. The first-order valence-electron chi connectivity index (χ1n) is 11.5. The van der Waals surface area contributed by atoms with Gasteiger partial charge in [0.2, 0.25) is 0 Å². The van der Waals surface area contributed by atoms with Gasteiger partial charge in [0.05, 0.1) is 37.9 Å². The molecule has 0 radical (unpaired) electrons. The number of nitrogens with zero attached hydrogens (tertiary/aromatic N) is 3. The third kappa shape index (κ3) is 6.03. The molecule has 1 aliphatic rings. The van der Waals surface area contributed by atoms with Gasteiger partial charge in [0.25, 0.3) is 0 Å². The number of alkyl carbamates (subject to hydrolysis) is 1. The summed E-state index contributed by atoms with van der Waals surface area (Å²) in [5.74, 6) is 0.799. The lowest BCUT2D eigenvalue weighted by molar-refractivity contribution is 0.170. The van der Waals surface area contributed by atoms with Gasteiger partial charge in [0, 0.05) is 31.5 Å². The summed E-state index contributed by atoms with van der Waals surface area (Å²) in [6.45, 7) is 5.19. The zero-order chi connectivity index (χ0) is 24.6. The maximum atomic E-state index is 13.1. The Balaban J connectivity index is 1.42. The van der Waals surface area contributed by atoms with Crippen molar-refractivity contribution in [2.24, 2.45) is 0 Å². The molecule has 0 saturated heterocycles. The van der Waals surface area contributed by atoms with Crippen LogP contribution >= 0.6 is 0 Å². The highest BCUT2D eigenvalue weighted by Gasteiger charge is 2.22. The lowest BCUT2D eigenvalue weighted by Gasteiger charge is -2.32. The van der Waals surface area contributed by atoms with Crippen molar-refractivity contribution < 1.29 is 19.1 Å². The molecule has 10 nitrogen and oxygen atoms in total. The van der Waals surface area contributed by atoms with Gasteiger partial charge in [0.1, 0.15) is 12.4 Å². The highest BCUT2D eigenvalue weighted by molar-refractivity contribution is 5.93. The van der Waals surface area contributed by atoms with E-state index in [0.29, 0.717) is 32.8 Å². The van der Waals surface area contributed by atoms with E-state index in [-0.39, 0.29) is 6.03 Å². The molecule has 2 aromatic carbocycles. The van der Waals surface area contributed by atoms with E-state index in [2.05, 4.69) is 30.2 Å². The highest BCUT2D eigenvalue weighted by atomic mass is 16.5. The molecule has 1 aromatic heterocycles. The van der Waals surface area contributed by atoms with Crippen LogP contribution in [0.2, 0.25) is 0 Å². The number of carbonyl (C=O) groups excluding carboxylic acids is 2. The number of hydrogen-bond acceptors (Lipinski definition) is 6. The number of benzene rings is 2. The molecule has 10 heteroatoms. The number of methoxy groups -OCH3 is 1. The first kappa shape index (κ1) is 23.9. The number of fused-ring (bicyclic) bond motifs is 1. The third-order valence-corrected chi connectivity index (χ3v) is 5.75. The van der Waals surface area contributed by atoms with Crippen molar-refractivity contribution in [3.63, 3.8) is 0 Å². The van der Waals surface area contributed by atoms with Gasteiger partial charge in [-0.2, -0.15) is 0 Å². The van der Waals surface area contributed by atoms with Gasteiger partial charge in [-0.05, 0) is 36.2 Å². The summed E-state index contributed by atoms with van der Waals surface area (Å²) in [5, 5.41) is 5.65. The molecule has 4 rings (SSSR count). The second kappa shape index (κ2) is 11.3. The lowest BCUT2D eigenvalue weighted by atomic mass is 10.1. The Bertz CT molecular complexity index is 1150. The van der Waals surface area contributed by atoms with Crippen molar-refractivity contribution in [3.05, 3.63) is 71.8 Å². The number of carbonyl (C=O) groups is 2. The van der Waals surface area contributed by atoms with Crippen LogP contribution in [0.5, 0.6) is 5.75 Å². The van der Waals surface area contributed by atoms with Crippen LogP contribution in [0.4, 0.5) is 21.0 Å². The maximum absolute atomic E-state index is 13.1. The number of anilines is 2. The molecule has 0 saturated carbocycles. The molecular weight excluding hydrogens is 448 g/mol. The minimum Gasteiger partial charge on any atom is -0.490 e. The number of aromatic nitrogens is 2. The van der Waals surface area contributed by atoms with E-state index < -0.39 is 6.09 Å². The standard InChI is InChI=1S/C25H30N6O4/c1-3-31(24(32)27-13-18-5-4-6-19(11-18)14-28-25(33)34-2)21-7-8-23-22(12-21)30(9-10-35-23)16-20-15-26-17-29-20/h4-8,11-12,15,17H,3,9-10,13-14,16H2,1-2H3,(H,26,29)(H,27,32)(H,28,33). The Kier molecular flexibility index (Phi) is 7.71. The predicted octanol–water partition coefficient (Wildman–Crippen LogP) is 3.40. The molecular formula is C25H30N6O4. The molecule has 0 atom stereocenters. The molecule has 35 heavy (non-hydrogen) atoms. The van der Waals surface area contributed by atoms with E-state index in [1.54, 1.807) is 11.2 Å². The van der Waals surface area contributed by atoms with E-state index in [1.165, 1.54) is 7.11 Å². The van der Waals surface area contributed by atoms with Crippen molar-refractivity contribution in [1.29, 1.82) is 0 Å². The zero-order valence-corrected chi connectivity index (χ0v) is 19.9. The molecule has 3 amide bonds. The van der Waals surface area contributed by atoms with Crippen molar-refractivity contribution >= 4 is 23.5 Å². The molecule has 1 aliphatic heterocycles. The van der Waals surface area contributed by atoms with E-state index in [1.807, 2.05) is 55.6 Å². The summed E-state index contributed by atoms with van der Waals surface area (Å²) in [5.41, 5.74) is 4.60. The lowest BCUT2D eigenvalue weighted by Crippen LogP contribution is -2.40. The normalized spacial score (nSPS) is 12.3. The average Bonchev–Trinajstić information content (AvgIpc) is 3.40. The van der Waals surface area contributed by atoms with Gasteiger partial charge in [-0.25, -0.2) is 14.6 Å². The summed E-state index contributed by atoms with van der Waals surface area (Å²) in [7, 11) is 1.33. The number of urea groups is 1. The van der Waals surface area contributed by atoms with Gasteiger partial charge in [0.15, 0.2) is 0 Å². The van der Waals surface area contributed by atoms with Crippen molar-refractivity contribution in [2.45, 2.75) is 26.6 Å². The van der Waals surface area contributed by atoms with Crippen LogP contribution in [0.1, 0.15) is 23.7 Å². The van der Waals surface area contributed by atoms with Gasteiger partial charge >= 0.3 is 12.1 Å². The van der Waals surface area contributed by atoms with Gasteiger partial charge < -0.3 is 30.0 Å². The van der Waals surface area contributed by atoms with Crippen molar-refractivity contribution in [1.82, 2.24) is 20.6 Å². The summed E-state index contributed by atoms with van der Waals surface area (Å²) in [4.78, 5) is 35.5. The Morgan fingerprint density at radius 3 is 2.69 bits per heavy atom. The fraction of sp³-hybridized carbons (Fsp3) is 0.320. The smallest absolute Gasteiger partial charge is 0.407 e. The summed E-state index contributed by atoms with van der Waals surface area (Å²) < 4.78 is 10.4. The zero-order valence-electron chi connectivity index (χ0n) is 19.9. The van der Waals surface area contributed by atoms with Crippen LogP contribution in [0.3, 0.4) is 0 Å². The SMILES string of the molecule is CCN(C(=O)NCc1cccc(CNC(=O)OC)c1)c1ccc2c(c1)N(Cc1cnc[nH]1)CCO2. The Morgan fingerprint density at radius 2 is 1.97 bits per heavy atom. The van der Waals surface area contributed by atoms with Crippen LogP contribution in [-0.2, 0) is 24.4 Å². The number of amides is 3. The van der Waals surface area contributed by atoms with Gasteiger partial charge in [-0.3, -0.25) is 4.90 Å². The van der Waals surface area contributed by atoms with E-state index in [0.717, 1.165) is 40.5 Å². The molecule has 0 bridgehead atoms. The van der Waals surface area contributed by atoms with Crippen LogP contribution in [0, 0.1) is 0 Å². The summed E-state index contributed by atoms with van der Waals surface area (Å²) >= 11 is 0. The van der Waals surface area contributed by atoms with Crippen molar-refractivity contribution in [3.8, 4) is 5.75 Å². The molecule has 0 unspecified atom stereocenters. The molecule has 0 spiro atoms. The number of ether oxygens (including phenoxy) is 2. The summed E-state index contributed by atoms with van der Waals surface area (Å²) in [6, 6.07) is 13.3. The Labute approximate surface area is 204 Å². The van der Waals surface area contributed by atoms with Gasteiger partial charge in [-0.1, -0.05) is 24.3 Å². The molecule has 3 N–H and O–H groups in total. The molecule has 0 fully saturated rings.